The van der Waals surface area contributed by atoms with Gasteiger partial charge in [-0.3, -0.25) is 9.59 Å². The van der Waals surface area contributed by atoms with Gasteiger partial charge >= 0.3 is 0 Å². The van der Waals surface area contributed by atoms with Crippen molar-refractivity contribution < 1.29 is 14.0 Å². The highest BCUT2D eigenvalue weighted by molar-refractivity contribution is 7.17. The summed E-state index contributed by atoms with van der Waals surface area (Å²) < 4.78 is 5.60. The first-order valence-corrected chi connectivity index (χ1v) is 8.59. The molecule has 1 aliphatic heterocycles. The first kappa shape index (κ1) is 15.8. The van der Waals surface area contributed by atoms with Crippen LogP contribution in [-0.4, -0.2) is 29.8 Å². The average Bonchev–Trinajstić information content (AvgIpc) is 3.15. The Balaban J connectivity index is 1.70. The van der Waals surface area contributed by atoms with Gasteiger partial charge in [-0.2, -0.15) is 0 Å². The van der Waals surface area contributed by atoms with Crippen LogP contribution in [0.3, 0.4) is 0 Å². The smallest absolute Gasteiger partial charge is 0.263 e. The van der Waals surface area contributed by atoms with E-state index in [-0.39, 0.29) is 17.7 Å². The number of thiophene rings is 1. The minimum absolute atomic E-state index is 0.0266. The number of carbonyl (C=O) groups is 2. The fourth-order valence-corrected chi connectivity index (χ4v) is 3.94. The van der Waals surface area contributed by atoms with E-state index in [4.69, 9.17) is 10.2 Å². The maximum atomic E-state index is 12.7. The van der Waals surface area contributed by atoms with Crippen LogP contribution in [0, 0.1) is 12.8 Å². The van der Waals surface area contributed by atoms with Crippen LogP contribution in [0.25, 0.3) is 10.6 Å². The Morgan fingerprint density at radius 1 is 1.35 bits per heavy atom. The molecule has 1 fully saturated rings. The summed E-state index contributed by atoms with van der Waals surface area (Å²) in [5.41, 5.74) is 5.27. The molecule has 6 heteroatoms. The van der Waals surface area contributed by atoms with E-state index in [1.165, 1.54) is 11.3 Å². The van der Waals surface area contributed by atoms with Gasteiger partial charge in [0.1, 0.15) is 11.5 Å². The molecule has 1 unspecified atom stereocenters. The topological polar surface area (TPSA) is 76.5 Å². The zero-order valence-electron chi connectivity index (χ0n) is 13.1. The van der Waals surface area contributed by atoms with Crippen LogP contribution in [0.15, 0.2) is 28.7 Å². The largest absolute Gasteiger partial charge is 0.461 e. The molecule has 0 aliphatic carbocycles. The third-order valence-electron chi connectivity index (χ3n) is 4.10. The van der Waals surface area contributed by atoms with E-state index >= 15 is 0 Å². The van der Waals surface area contributed by atoms with Crippen LogP contribution in [0.2, 0.25) is 0 Å². The molecular formula is C17H20N2O3S. The number of aryl methyl sites for hydroxylation is 1. The number of rotatable bonds is 4. The summed E-state index contributed by atoms with van der Waals surface area (Å²) in [6.45, 7) is 3.24. The van der Waals surface area contributed by atoms with Crippen LogP contribution in [0.5, 0.6) is 0 Å². The van der Waals surface area contributed by atoms with Gasteiger partial charge < -0.3 is 15.1 Å². The first-order chi connectivity index (χ1) is 11.0. The molecule has 2 aromatic rings. The van der Waals surface area contributed by atoms with Crippen LogP contribution < -0.4 is 5.73 Å². The van der Waals surface area contributed by atoms with E-state index in [1.807, 2.05) is 36.1 Å². The summed E-state index contributed by atoms with van der Waals surface area (Å²) in [5.74, 6) is 1.55. The van der Waals surface area contributed by atoms with Crippen LogP contribution in [0.4, 0.5) is 0 Å². The van der Waals surface area contributed by atoms with Gasteiger partial charge in [0, 0.05) is 19.5 Å². The molecule has 3 rings (SSSR count). The molecule has 0 saturated carbocycles. The first-order valence-electron chi connectivity index (χ1n) is 7.77. The van der Waals surface area contributed by atoms with Crippen molar-refractivity contribution in [2.75, 3.05) is 13.1 Å². The van der Waals surface area contributed by atoms with E-state index in [0.717, 1.165) is 35.8 Å². The number of likely N-dealkylation sites (tertiary alicyclic amines) is 1. The number of nitrogens with zero attached hydrogens (tertiary/aromatic N) is 1. The second-order valence-electron chi connectivity index (χ2n) is 6.00. The molecule has 2 aromatic heterocycles. The molecule has 0 aromatic carbocycles. The standard InChI is InChI=1S/C17H20N2O3S/c1-11-4-5-13(22-11)14-6-7-15(23-14)17(21)19-8-2-3-12(10-19)9-16(18)20/h4-7,12H,2-3,8-10H2,1H3,(H2,18,20). The number of furan rings is 1. The Morgan fingerprint density at radius 2 is 2.17 bits per heavy atom. The number of carbonyl (C=O) groups excluding carboxylic acids is 2. The number of hydrogen-bond donors (Lipinski definition) is 1. The van der Waals surface area contributed by atoms with Gasteiger partial charge in [0.25, 0.3) is 5.91 Å². The summed E-state index contributed by atoms with van der Waals surface area (Å²) in [4.78, 5) is 27.2. The van der Waals surface area contributed by atoms with Gasteiger partial charge in [0.05, 0.1) is 9.75 Å². The highest BCUT2D eigenvalue weighted by Crippen LogP contribution is 2.31. The zero-order chi connectivity index (χ0) is 16.4. The highest BCUT2D eigenvalue weighted by atomic mass is 32.1. The van der Waals surface area contributed by atoms with Gasteiger partial charge in [-0.15, -0.1) is 11.3 Å². The summed E-state index contributed by atoms with van der Waals surface area (Å²) in [6, 6.07) is 7.59. The Bertz CT molecular complexity index is 719. The molecule has 1 aliphatic rings. The predicted octanol–water partition coefficient (Wildman–Crippen LogP) is 3.04. The molecule has 23 heavy (non-hydrogen) atoms. The van der Waals surface area contributed by atoms with Crippen molar-refractivity contribution in [3.05, 3.63) is 34.9 Å². The lowest BCUT2D eigenvalue weighted by molar-refractivity contribution is -0.119. The van der Waals surface area contributed by atoms with Crippen LogP contribution in [-0.2, 0) is 4.79 Å². The Hall–Kier alpha value is -2.08. The van der Waals surface area contributed by atoms with Gasteiger partial charge in [0.2, 0.25) is 5.91 Å². The van der Waals surface area contributed by atoms with Gasteiger partial charge in [-0.1, -0.05) is 0 Å². The predicted molar refractivity (Wildman–Crippen MR) is 89.2 cm³/mol. The molecule has 0 radical (unpaired) electrons. The monoisotopic (exact) mass is 332 g/mol. The lowest BCUT2D eigenvalue weighted by Gasteiger charge is -2.32. The minimum Gasteiger partial charge on any atom is -0.461 e. The summed E-state index contributed by atoms with van der Waals surface area (Å²) >= 11 is 1.44. The van der Waals surface area contributed by atoms with E-state index in [0.29, 0.717) is 17.8 Å². The van der Waals surface area contributed by atoms with E-state index in [1.54, 1.807) is 0 Å². The lowest BCUT2D eigenvalue weighted by atomic mass is 9.94. The lowest BCUT2D eigenvalue weighted by Crippen LogP contribution is -2.40. The Morgan fingerprint density at radius 3 is 2.87 bits per heavy atom. The number of hydrogen-bond acceptors (Lipinski definition) is 4. The quantitative estimate of drug-likeness (QED) is 0.935. The molecule has 2 amide bonds. The van der Waals surface area contributed by atoms with E-state index < -0.39 is 0 Å². The van der Waals surface area contributed by atoms with Crippen molar-refractivity contribution in [2.24, 2.45) is 11.7 Å². The molecule has 122 valence electrons. The summed E-state index contributed by atoms with van der Waals surface area (Å²) in [6.07, 6.45) is 2.22. The normalized spacial score (nSPS) is 18.1. The second kappa shape index (κ2) is 6.58. The molecule has 2 N–H and O–H groups in total. The zero-order valence-corrected chi connectivity index (χ0v) is 13.9. The minimum atomic E-state index is -0.295. The van der Waals surface area contributed by atoms with Gasteiger partial charge in [-0.05, 0) is 49.9 Å². The molecule has 1 atom stereocenters. The van der Waals surface area contributed by atoms with Crippen molar-refractivity contribution in [1.82, 2.24) is 4.90 Å². The van der Waals surface area contributed by atoms with E-state index in [9.17, 15) is 9.59 Å². The number of primary amides is 1. The van der Waals surface area contributed by atoms with Crippen molar-refractivity contribution in [3.63, 3.8) is 0 Å². The van der Waals surface area contributed by atoms with Gasteiger partial charge in [-0.25, -0.2) is 0 Å². The third-order valence-corrected chi connectivity index (χ3v) is 5.18. The van der Waals surface area contributed by atoms with Crippen molar-refractivity contribution >= 4 is 23.2 Å². The Labute approximate surface area is 139 Å². The highest BCUT2D eigenvalue weighted by Gasteiger charge is 2.26. The van der Waals surface area contributed by atoms with Gasteiger partial charge in [0.15, 0.2) is 0 Å². The van der Waals surface area contributed by atoms with E-state index in [2.05, 4.69) is 0 Å². The van der Waals surface area contributed by atoms with Crippen molar-refractivity contribution in [3.8, 4) is 10.6 Å². The number of amides is 2. The maximum Gasteiger partial charge on any atom is 0.263 e. The molecule has 0 bridgehead atoms. The molecular weight excluding hydrogens is 312 g/mol. The fraction of sp³-hybridized carbons (Fsp3) is 0.412. The van der Waals surface area contributed by atoms with Crippen molar-refractivity contribution in [1.29, 1.82) is 0 Å². The van der Waals surface area contributed by atoms with Crippen LogP contribution in [0.1, 0.15) is 34.7 Å². The maximum absolute atomic E-state index is 12.7. The molecule has 0 spiro atoms. The average molecular weight is 332 g/mol. The number of nitrogens with two attached hydrogens (primary N) is 1. The molecule has 5 nitrogen and oxygen atoms in total. The summed E-state index contributed by atoms with van der Waals surface area (Å²) in [5, 5.41) is 0. The second-order valence-corrected chi connectivity index (χ2v) is 7.09. The summed E-state index contributed by atoms with van der Waals surface area (Å²) in [7, 11) is 0. The Kier molecular flexibility index (Phi) is 4.52. The molecule has 3 heterocycles. The van der Waals surface area contributed by atoms with Crippen LogP contribution >= 0.6 is 11.3 Å². The third kappa shape index (κ3) is 3.64. The van der Waals surface area contributed by atoms with Crippen molar-refractivity contribution in [2.45, 2.75) is 26.2 Å². The molecule has 1 saturated heterocycles. The number of piperidine rings is 1. The fourth-order valence-electron chi connectivity index (χ4n) is 3.01. The SMILES string of the molecule is Cc1ccc(-c2ccc(C(=O)N3CCCC(CC(N)=O)C3)s2)o1.